The molecule has 0 spiro atoms. The summed E-state index contributed by atoms with van der Waals surface area (Å²) < 4.78 is 11.0. The maximum atomic E-state index is 5.49. The molecule has 0 atom stereocenters. The summed E-state index contributed by atoms with van der Waals surface area (Å²) in [6.45, 7) is 12.5. The SMILES string of the molecule is CCCCSc1nc(NCCN2CCOCC2)c(N=Nc2ccccc2)c(NCCN2CCOCC2)n1. The van der Waals surface area contributed by atoms with E-state index in [1.165, 1.54) is 0 Å². The first-order valence-electron chi connectivity index (χ1n) is 13.4. The number of unbranched alkanes of at least 4 members (excludes halogenated alkanes) is 1. The molecule has 2 fully saturated rings. The van der Waals surface area contributed by atoms with Gasteiger partial charge in [-0.25, -0.2) is 9.97 Å². The summed E-state index contributed by atoms with van der Waals surface area (Å²) in [5, 5.41) is 17.0. The first kappa shape index (κ1) is 27.7. The molecule has 4 rings (SSSR count). The maximum absolute atomic E-state index is 5.49. The van der Waals surface area contributed by atoms with Gasteiger partial charge in [-0.2, -0.15) is 5.11 Å². The van der Waals surface area contributed by atoms with Crippen LogP contribution >= 0.6 is 11.8 Å². The number of benzene rings is 1. The molecule has 0 amide bonds. The third-order valence-corrected chi connectivity index (χ3v) is 7.20. The number of aromatic nitrogens is 2. The number of anilines is 2. The van der Waals surface area contributed by atoms with Crippen molar-refractivity contribution in [2.75, 3.05) is 95.2 Å². The molecule has 3 heterocycles. The van der Waals surface area contributed by atoms with Gasteiger partial charge in [-0.3, -0.25) is 9.80 Å². The summed E-state index contributed by atoms with van der Waals surface area (Å²) in [7, 11) is 0. The van der Waals surface area contributed by atoms with E-state index in [0.29, 0.717) is 5.69 Å². The summed E-state index contributed by atoms with van der Waals surface area (Å²) in [5.74, 6) is 2.42. The predicted molar refractivity (Wildman–Crippen MR) is 150 cm³/mol. The lowest BCUT2D eigenvalue weighted by Gasteiger charge is -2.27. The van der Waals surface area contributed by atoms with Crippen molar-refractivity contribution in [1.82, 2.24) is 19.8 Å². The van der Waals surface area contributed by atoms with Gasteiger partial charge in [0.2, 0.25) is 0 Å². The first-order valence-corrected chi connectivity index (χ1v) is 14.4. The lowest BCUT2D eigenvalue weighted by atomic mass is 10.3. The average molecular weight is 529 g/mol. The molecule has 11 heteroatoms. The molecule has 2 aromatic rings. The Morgan fingerprint density at radius 2 is 1.41 bits per heavy atom. The lowest BCUT2D eigenvalue weighted by molar-refractivity contribution is 0.0398. The van der Waals surface area contributed by atoms with Gasteiger partial charge in [-0.15, -0.1) is 5.11 Å². The maximum Gasteiger partial charge on any atom is 0.191 e. The molecule has 2 saturated heterocycles. The molecule has 0 radical (unpaired) electrons. The van der Waals surface area contributed by atoms with Crippen LogP contribution in [0.1, 0.15) is 19.8 Å². The molecule has 1 aromatic carbocycles. The van der Waals surface area contributed by atoms with E-state index in [0.717, 1.165) is 120 Å². The van der Waals surface area contributed by atoms with Gasteiger partial charge in [-0.05, 0) is 18.6 Å². The van der Waals surface area contributed by atoms with E-state index >= 15 is 0 Å². The minimum atomic E-state index is 0.646. The van der Waals surface area contributed by atoms with Crippen molar-refractivity contribution in [3.63, 3.8) is 0 Å². The van der Waals surface area contributed by atoms with Gasteiger partial charge in [0.1, 0.15) is 0 Å². The number of ether oxygens (including phenoxy) is 2. The van der Waals surface area contributed by atoms with Crippen LogP contribution in [0, 0.1) is 0 Å². The molecule has 10 nitrogen and oxygen atoms in total. The number of morpholine rings is 2. The second-order valence-corrected chi connectivity index (χ2v) is 10.1. The normalized spacial score (nSPS) is 17.3. The van der Waals surface area contributed by atoms with Gasteiger partial charge in [0, 0.05) is 58.1 Å². The molecule has 202 valence electrons. The predicted octanol–water partition coefficient (Wildman–Crippen LogP) is 4.27. The number of rotatable bonds is 14. The number of nitrogens with one attached hydrogen (secondary N) is 2. The van der Waals surface area contributed by atoms with Crippen molar-refractivity contribution in [2.24, 2.45) is 10.2 Å². The van der Waals surface area contributed by atoms with Gasteiger partial charge >= 0.3 is 0 Å². The van der Waals surface area contributed by atoms with E-state index in [2.05, 4.69) is 37.6 Å². The summed E-state index contributed by atoms with van der Waals surface area (Å²) >= 11 is 1.69. The number of thioether (sulfide) groups is 1. The van der Waals surface area contributed by atoms with Crippen LogP contribution in [0.4, 0.5) is 23.0 Å². The standard InChI is InChI=1S/C26H40N8O2S/c1-2-3-21-37-26-29-24(27-9-11-33-13-17-35-18-14-33)23(32-31-22-7-5-4-6-8-22)25(30-26)28-10-12-34-15-19-36-20-16-34/h4-8H,2-3,9-21H2,1H3,(H2,27,28,29,30). The highest BCUT2D eigenvalue weighted by Crippen LogP contribution is 2.34. The van der Waals surface area contributed by atoms with Crippen molar-refractivity contribution in [3.05, 3.63) is 30.3 Å². The molecule has 0 bridgehead atoms. The number of azo groups is 1. The van der Waals surface area contributed by atoms with Crippen LogP contribution in [-0.4, -0.2) is 104 Å². The molecular weight excluding hydrogens is 488 g/mol. The van der Waals surface area contributed by atoms with Gasteiger partial charge < -0.3 is 20.1 Å². The summed E-state index contributed by atoms with van der Waals surface area (Å²) in [4.78, 5) is 14.6. The second-order valence-electron chi connectivity index (χ2n) is 9.05. The van der Waals surface area contributed by atoms with Crippen molar-refractivity contribution < 1.29 is 9.47 Å². The van der Waals surface area contributed by atoms with Crippen molar-refractivity contribution in [1.29, 1.82) is 0 Å². The minimum absolute atomic E-state index is 0.646. The van der Waals surface area contributed by atoms with E-state index in [1.54, 1.807) is 11.8 Å². The quantitative estimate of drug-likeness (QED) is 0.161. The summed E-state index contributed by atoms with van der Waals surface area (Å²) in [6, 6.07) is 9.77. The zero-order valence-corrected chi connectivity index (χ0v) is 22.7. The Kier molecular flexibility index (Phi) is 11.9. The van der Waals surface area contributed by atoms with Crippen LogP contribution in [0.3, 0.4) is 0 Å². The highest BCUT2D eigenvalue weighted by molar-refractivity contribution is 7.99. The number of hydrogen-bond acceptors (Lipinski definition) is 11. The van der Waals surface area contributed by atoms with Crippen LogP contribution in [-0.2, 0) is 9.47 Å². The van der Waals surface area contributed by atoms with E-state index in [4.69, 9.17) is 19.4 Å². The Morgan fingerprint density at radius 3 is 1.95 bits per heavy atom. The van der Waals surface area contributed by atoms with Crippen LogP contribution in [0.15, 0.2) is 45.7 Å². The Labute approximate surface area is 224 Å². The van der Waals surface area contributed by atoms with Crippen LogP contribution in [0.5, 0.6) is 0 Å². The lowest BCUT2D eigenvalue weighted by Crippen LogP contribution is -2.39. The van der Waals surface area contributed by atoms with Crippen molar-refractivity contribution in [2.45, 2.75) is 24.9 Å². The van der Waals surface area contributed by atoms with Crippen LogP contribution < -0.4 is 10.6 Å². The van der Waals surface area contributed by atoms with Crippen LogP contribution in [0.2, 0.25) is 0 Å². The highest BCUT2D eigenvalue weighted by atomic mass is 32.2. The zero-order valence-electron chi connectivity index (χ0n) is 21.9. The third-order valence-electron chi connectivity index (χ3n) is 6.26. The molecule has 37 heavy (non-hydrogen) atoms. The molecule has 0 saturated carbocycles. The molecule has 2 aliphatic heterocycles. The monoisotopic (exact) mass is 528 g/mol. The fourth-order valence-corrected chi connectivity index (χ4v) is 4.99. The molecule has 2 aliphatic rings. The van der Waals surface area contributed by atoms with Gasteiger partial charge in [0.25, 0.3) is 0 Å². The van der Waals surface area contributed by atoms with E-state index < -0.39 is 0 Å². The van der Waals surface area contributed by atoms with Crippen LogP contribution in [0.25, 0.3) is 0 Å². The topological polar surface area (TPSA) is 99.5 Å². The largest absolute Gasteiger partial charge is 0.379 e. The van der Waals surface area contributed by atoms with Gasteiger partial charge in [0.05, 0.1) is 32.1 Å². The smallest absolute Gasteiger partial charge is 0.191 e. The third kappa shape index (κ3) is 9.50. The average Bonchev–Trinajstić information content (AvgIpc) is 2.94. The molecule has 2 N–H and O–H groups in total. The summed E-state index contributed by atoms with van der Waals surface area (Å²) in [5.41, 5.74) is 1.44. The summed E-state index contributed by atoms with van der Waals surface area (Å²) in [6.07, 6.45) is 2.27. The fraction of sp³-hybridized carbons (Fsp3) is 0.615. The molecular formula is C26H40N8O2S. The number of hydrogen-bond donors (Lipinski definition) is 2. The Hall–Kier alpha value is -2.31. The Bertz CT molecular complexity index is 908. The van der Waals surface area contributed by atoms with E-state index in [9.17, 15) is 0 Å². The minimum Gasteiger partial charge on any atom is -0.379 e. The zero-order chi connectivity index (χ0) is 25.5. The molecule has 1 aromatic heterocycles. The van der Waals surface area contributed by atoms with Crippen molar-refractivity contribution >= 4 is 34.8 Å². The van der Waals surface area contributed by atoms with Crippen molar-refractivity contribution in [3.8, 4) is 0 Å². The fourth-order valence-electron chi connectivity index (χ4n) is 4.06. The first-order chi connectivity index (χ1) is 18.3. The van der Waals surface area contributed by atoms with E-state index in [1.807, 2.05) is 30.3 Å². The Morgan fingerprint density at radius 1 is 0.838 bits per heavy atom. The Balaban J connectivity index is 1.53. The number of nitrogens with zero attached hydrogens (tertiary/aromatic N) is 6. The van der Waals surface area contributed by atoms with Gasteiger partial charge in [-0.1, -0.05) is 43.3 Å². The molecule has 0 aliphatic carbocycles. The molecule has 0 unspecified atom stereocenters. The second kappa shape index (κ2) is 15.8. The highest BCUT2D eigenvalue weighted by Gasteiger charge is 2.17. The van der Waals surface area contributed by atoms with E-state index in [-0.39, 0.29) is 0 Å². The van der Waals surface area contributed by atoms with Gasteiger partial charge in [0.15, 0.2) is 22.5 Å².